The maximum atomic E-state index is 11.3. The summed E-state index contributed by atoms with van der Waals surface area (Å²) in [7, 11) is 0. The molecule has 1 heterocycles. The van der Waals surface area contributed by atoms with E-state index in [4.69, 9.17) is 10.5 Å². The molecule has 0 saturated heterocycles. The first kappa shape index (κ1) is 12.2. The smallest absolute Gasteiger partial charge is 0.246 e. The van der Waals surface area contributed by atoms with Crippen molar-refractivity contribution < 1.29 is 9.53 Å². The molecular weight excluding hydrogens is 212 g/mol. The summed E-state index contributed by atoms with van der Waals surface area (Å²) in [4.78, 5) is 12.4. The molecule has 3 N–H and O–H groups in total. The van der Waals surface area contributed by atoms with Crippen LogP contribution in [-0.4, -0.2) is 25.7 Å². The first-order chi connectivity index (χ1) is 7.24. The lowest BCUT2D eigenvalue weighted by Crippen LogP contribution is -2.28. The van der Waals surface area contributed by atoms with Gasteiger partial charge in [-0.1, -0.05) is 0 Å². The van der Waals surface area contributed by atoms with Crippen LogP contribution in [0.5, 0.6) is 0 Å². The summed E-state index contributed by atoms with van der Waals surface area (Å²) in [5, 5.41) is 4.81. The van der Waals surface area contributed by atoms with Gasteiger partial charge in [-0.15, -0.1) is 11.3 Å². The van der Waals surface area contributed by atoms with Crippen LogP contribution >= 0.6 is 11.3 Å². The summed E-state index contributed by atoms with van der Waals surface area (Å²) < 4.78 is 5.01. The van der Waals surface area contributed by atoms with Crippen molar-refractivity contribution in [1.82, 2.24) is 5.32 Å². The second-order valence-corrected chi connectivity index (χ2v) is 4.15. The van der Waals surface area contributed by atoms with E-state index in [0.29, 0.717) is 19.7 Å². The van der Waals surface area contributed by atoms with Crippen molar-refractivity contribution in [3.05, 3.63) is 21.9 Å². The summed E-state index contributed by atoms with van der Waals surface area (Å²) in [6.07, 6.45) is 0. The summed E-state index contributed by atoms with van der Waals surface area (Å²) in [6.45, 7) is 3.56. The van der Waals surface area contributed by atoms with Gasteiger partial charge in [0, 0.05) is 11.4 Å². The predicted octanol–water partition coefficient (Wildman–Crippen LogP) is 0.648. The molecule has 0 radical (unpaired) electrons. The fourth-order valence-electron chi connectivity index (χ4n) is 1.06. The highest BCUT2D eigenvalue weighted by atomic mass is 32.1. The predicted molar refractivity (Wildman–Crippen MR) is 60.8 cm³/mol. The Morgan fingerprint density at radius 2 is 2.47 bits per heavy atom. The second kappa shape index (κ2) is 6.55. The van der Waals surface area contributed by atoms with Gasteiger partial charge in [0.1, 0.15) is 6.61 Å². The minimum atomic E-state index is -0.101. The summed E-state index contributed by atoms with van der Waals surface area (Å²) >= 11 is 1.64. The van der Waals surface area contributed by atoms with Crippen molar-refractivity contribution >= 4 is 17.2 Å². The van der Waals surface area contributed by atoms with E-state index < -0.39 is 0 Å². The third-order valence-electron chi connectivity index (χ3n) is 1.91. The molecule has 0 aliphatic heterocycles. The Morgan fingerprint density at radius 3 is 3.07 bits per heavy atom. The number of carbonyl (C=O) groups is 1. The van der Waals surface area contributed by atoms with E-state index in [1.165, 1.54) is 10.4 Å². The summed E-state index contributed by atoms with van der Waals surface area (Å²) in [6, 6.07) is 2.04. The molecule has 0 spiro atoms. The van der Waals surface area contributed by atoms with Crippen LogP contribution < -0.4 is 11.1 Å². The Kier molecular flexibility index (Phi) is 5.31. The maximum Gasteiger partial charge on any atom is 0.246 e. The van der Waals surface area contributed by atoms with Gasteiger partial charge in [0.05, 0.1) is 13.2 Å². The number of ether oxygens (including phenoxy) is 1. The number of aryl methyl sites for hydroxylation is 1. The molecule has 0 aliphatic carbocycles. The van der Waals surface area contributed by atoms with Crippen LogP contribution in [0, 0.1) is 6.92 Å². The molecule has 1 aromatic heterocycles. The van der Waals surface area contributed by atoms with E-state index in [9.17, 15) is 4.79 Å². The normalized spacial score (nSPS) is 10.3. The summed E-state index contributed by atoms with van der Waals surface area (Å²) in [5.74, 6) is -0.101. The highest BCUT2D eigenvalue weighted by Gasteiger charge is 2.03. The standard InChI is InChI=1S/C10H16N2O2S/c1-8-2-5-15-9(8)6-12-10(13)7-14-4-3-11/h2,5H,3-4,6-7,11H2,1H3,(H,12,13). The monoisotopic (exact) mass is 228 g/mol. The third-order valence-corrected chi connectivity index (χ3v) is 2.93. The van der Waals surface area contributed by atoms with Gasteiger partial charge in [0.25, 0.3) is 0 Å². The molecule has 84 valence electrons. The lowest BCUT2D eigenvalue weighted by atomic mass is 10.3. The molecule has 4 nitrogen and oxygen atoms in total. The van der Waals surface area contributed by atoms with Crippen LogP contribution in [0.3, 0.4) is 0 Å². The number of nitrogens with two attached hydrogens (primary N) is 1. The van der Waals surface area contributed by atoms with Gasteiger partial charge < -0.3 is 15.8 Å². The van der Waals surface area contributed by atoms with Crippen LogP contribution in [-0.2, 0) is 16.1 Å². The third kappa shape index (κ3) is 4.42. The zero-order valence-electron chi connectivity index (χ0n) is 8.79. The number of hydrogen-bond acceptors (Lipinski definition) is 4. The Hall–Kier alpha value is -0.910. The fraction of sp³-hybridized carbons (Fsp3) is 0.500. The van der Waals surface area contributed by atoms with E-state index in [1.807, 2.05) is 18.4 Å². The van der Waals surface area contributed by atoms with Crippen molar-refractivity contribution in [1.29, 1.82) is 0 Å². The first-order valence-electron chi connectivity index (χ1n) is 4.81. The van der Waals surface area contributed by atoms with E-state index >= 15 is 0 Å². The van der Waals surface area contributed by atoms with Gasteiger partial charge in [-0.05, 0) is 23.9 Å². The number of carbonyl (C=O) groups excluding carboxylic acids is 1. The van der Waals surface area contributed by atoms with Gasteiger partial charge in [-0.2, -0.15) is 0 Å². The molecule has 5 heteroatoms. The molecule has 0 aliphatic rings. The zero-order chi connectivity index (χ0) is 11.1. The second-order valence-electron chi connectivity index (χ2n) is 3.14. The molecule has 0 unspecified atom stereocenters. The molecular formula is C10H16N2O2S. The number of nitrogens with one attached hydrogen (secondary N) is 1. The number of amides is 1. The average molecular weight is 228 g/mol. The van der Waals surface area contributed by atoms with E-state index in [2.05, 4.69) is 5.32 Å². The lowest BCUT2D eigenvalue weighted by Gasteiger charge is -2.04. The van der Waals surface area contributed by atoms with Crippen LogP contribution in [0.25, 0.3) is 0 Å². The van der Waals surface area contributed by atoms with Gasteiger partial charge in [0.2, 0.25) is 5.91 Å². The van der Waals surface area contributed by atoms with Crippen molar-refractivity contribution in [2.45, 2.75) is 13.5 Å². The van der Waals surface area contributed by atoms with Crippen molar-refractivity contribution in [2.24, 2.45) is 5.73 Å². The molecule has 0 fully saturated rings. The highest BCUT2D eigenvalue weighted by Crippen LogP contribution is 2.14. The minimum Gasteiger partial charge on any atom is -0.370 e. The van der Waals surface area contributed by atoms with Crippen LogP contribution in [0.1, 0.15) is 10.4 Å². The fourth-order valence-corrected chi connectivity index (χ4v) is 1.91. The number of thiophene rings is 1. The molecule has 0 saturated carbocycles. The Morgan fingerprint density at radius 1 is 1.67 bits per heavy atom. The molecule has 1 rings (SSSR count). The SMILES string of the molecule is Cc1ccsc1CNC(=O)COCCN. The number of hydrogen-bond donors (Lipinski definition) is 2. The highest BCUT2D eigenvalue weighted by molar-refractivity contribution is 7.10. The maximum absolute atomic E-state index is 11.3. The molecule has 0 aromatic carbocycles. The summed E-state index contributed by atoms with van der Waals surface area (Å²) in [5.41, 5.74) is 6.44. The van der Waals surface area contributed by atoms with E-state index in [-0.39, 0.29) is 12.5 Å². The van der Waals surface area contributed by atoms with Crippen molar-refractivity contribution in [2.75, 3.05) is 19.8 Å². The molecule has 15 heavy (non-hydrogen) atoms. The quantitative estimate of drug-likeness (QED) is 0.703. The Labute approximate surface area is 93.4 Å². The van der Waals surface area contributed by atoms with E-state index in [1.54, 1.807) is 11.3 Å². The molecule has 0 bridgehead atoms. The molecule has 0 atom stereocenters. The molecule has 1 amide bonds. The minimum absolute atomic E-state index is 0.0849. The van der Waals surface area contributed by atoms with Gasteiger partial charge in [-0.25, -0.2) is 0 Å². The largest absolute Gasteiger partial charge is 0.370 e. The number of rotatable bonds is 6. The lowest BCUT2D eigenvalue weighted by molar-refractivity contribution is -0.125. The van der Waals surface area contributed by atoms with Gasteiger partial charge in [-0.3, -0.25) is 4.79 Å². The topological polar surface area (TPSA) is 64.3 Å². The zero-order valence-corrected chi connectivity index (χ0v) is 9.60. The Balaban J connectivity index is 2.20. The van der Waals surface area contributed by atoms with Crippen LogP contribution in [0.15, 0.2) is 11.4 Å². The van der Waals surface area contributed by atoms with Crippen LogP contribution in [0.4, 0.5) is 0 Å². The van der Waals surface area contributed by atoms with Gasteiger partial charge in [0.15, 0.2) is 0 Å². The Bertz CT molecular complexity index is 312. The van der Waals surface area contributed by atoms with Crippen LogP contribution in [0.2, 0.25) is 0 Å². The molecule has 1 aromatic rings. The average Bonchev–Trinajstić information content (AvgIpc) is 2.61. The van der Waals surface area contributed by atoms with Crippen molar-refractivity contribution in [3.63, 3.8) is 0 Å². The van der Waals surface area contributed by atoms with Crippen molar-refractivity contribution in [3.8, 4) is 0 Å². The van der Waals surface area contributed by atoms with E-state index in [0.717, 1.165) is 0 Å². The first-order valence-corrected chi connectivity index (χ1v) is 5.69. The van der Waals surface area contributed by atoms with Gasteiger partial charge >= 0.3 is 0 Å².